The molecule has 0 aromatic carbocycles. The topological polar surface area (TPSA) is 69.7 Å². The van der Waals surface area contributed by atoms with Crippen LogP contribution in [-0.2, 0) is 4.79 Å². The van der Waals surface area contributed by atoms with E-state index in [0.717, 1.165) is 5.57 Å². The average molecular weight is 410 g/mol. The van der Waals surface area contributed by atoms with Gasteiger partial charge in [-0.3, -0.25) is 14.5 Å². The summed E-state index contributed by atoms with van der Waals surface area (Å²) < 4.78 is 0. The summed E-state index contributed by atoms with van der Waals surface area (Å²) >= 11 is 7.42. The number of amides is 4. The summed E-state index contributed by atoms with van der Waals surface area (Å²) in [4.78, 5) is 41.7. The van der Waals surface area contributed by atoms with E-state index in [-0.39, 0.29) is 30.3 Å². The van der Waals surface area contributed by atoms with Gasteiger partial charge in [-0.2, -0.15) is 0 Å². The van der Waals surface area contributed by atoms with Crippen molar-refractivity contribution in [3.8, 4) is 0 Å². The zero-order chi connectivity index (χ0) is 19.8. The quantitative estimate of drug-likeness (QED) is 0.597. The van der Waals surface area contributed by atoms with Crippen molar-refractivity contribution in [3.05, 3.63) is 33.5 Å². The molecule has 2 fully saturated rings. The Morgan fingerprint density at radius 3 is 2.59 bits per heavy atom. The van der Waals surface area contributed by atoms with Crippen molar-refractivity contribution in [1.82, 2.24) is 15.1 Å². The number of halogens is 1. The van der Waals surface area contributed by atoms with Crippen molar-refractivity contribution in [3.63, 3.8) is 0 Å². The number of carbonyl (C=O) groups is 3. The Labute approximate surface area is 168 Å². The van der Waals surface area contributed by atoms with Crippen molar-refractivity contribution >= 4 is 40.8 Å². The van der Waals surface area contributed by atoms with Gasteiger partial charge in [0.1, 0.15) is 10.4 Å². The third-order valence-corrected chi connectivity index (χ3v) is 6.81. The summed E-state index contributed by atoms with van der Waals surface area (Å²) in [5.74, 6) is -0.245. The number of likely N-dealkylation sites (tertiary alicyclic amines) is 1. The number of carbonyl (C=O) groups excluding carboxylic acids is 3. The van der Waals surface area contributed by atoms with Crippen LogP contribution in [0.25, 0.3) is 0 Å². The van der Waals surface area contributed by atoms with E-state index in [4.69, 9.17) is 11.6 Å². The van der Waals surface area contributed by atoms with Gasteiger partial charge in [-0.05, 0) is 43.6 Å². The second-order valence-electron chi connectivity index (χ2n) is 7.27. The number of thiophene rings is 1. The molecule has 1 N–H and O–H groups in total. The predicted octanol–water partition coefficient (Wildman–Crippen LogP) is 3.53. The Kier molecular flexibility index (Phi) is 5.63. The summed E-state index contributed by atoms with van der Waals surface area (Å²) in [6.45, 7) is 8.85. The molecular weight excluding hydrogens is 386 g/mol. The maximum Gasteiger partial charge on any atom is 0.325 e. The van der Waals surface area contributed by atoms with Gasteiger partial charge in [-0.25, -0.2) is 4.79 Å². The van der Waals surface area contributed by atoms with E-state index >= 15 is 0 Å². The van der Waals surface area contributed by atoms with E-state index in [9.17, 15) is 14.4 Å². The number of rotatable bonds is 5. The Morgan fingerprint density at radius 1 is 1.41 bits per heavy atom. The molecule has 27 heavy (non-hydrogen) atoms. The fraction of sp³-hybridized carbons (Fsp3) is 0.526. The molecule has 8 heteroatoms. The fourth-order valence-corrected chi connectivity index (χ4v) is 5.13. The summed E-state index contributed by atoms with van der Waals surface area (Å²) in [7, 11) is 0. The molecule has 3 heterocycles. The van der Waals surface area contributed by atoms with E-state index in [1.807, 2.05) is 6.92 Å². The molecule has 0 saturated carbocycles. The minimum atomic E-state index is -0.887. The number of hydrogen-bond acceptors (Lipinski definition) is 4. The third-order valence-electron chi connectivity index (χ3n) is 5.48. The molecule has 1 atom stereocenters. The molecule has 1 aromatic heterocycles. The highest BCUT2D eigenvalue weighted by atomic mass is 35.5. The molecule has 3 rings (SSSR count). The Hall–Kier alpha value is -1.86. The van der Waals surface area contributed by atoms with Crippen LogP contribution >= 0.6 is 22.9 Å². The molecule has 1 unspecified atom stereocenters. The van der Waals surface area contributed by atoms with Crippen LogP contribution in [-0.4, -0.2) is 52.8 Å². The van der Waals surface area contributed by atoms with Crippen molar-refractivity contribution in [1.29, 1.82) is 0 Å². The smallest absolute Gasteiger partial charge is 0.325 e. The van der Waals surface area contributed by atoms with Crippen molar-refractivity contribution < 1.29 is 14.4 Å². The van der Waals surface area contributed by atoms with E-state index in [2.05, 4.69) is 11.9 Å². The lowest BCUT2D eigenvalue weighted by molar-refractivity contribution is -0.133. The number of nitrogens with one attached hydrogen (secondary N) is 1. The summed E-state index contributed by atoms with van der Waals surface area (Å²) in [5, 5.41) is 5.23. The van der Waals surface area contributed by atoms with E-state index in [1.165, 1.54) is 16.2 Å². The standard InChI is InChI=1S/C19H24ClN3O3S/c1-4-19(17(25)23(11-12(2)3)18(26)21-19)13-5-8-22(9-6-13)16(24)15-14(20)7-10-27-15/h7,10,13H,2,4-6,8-9,11H2,1,3H3,(H,21,26). The highest BCUT2D eigenvalue weighted by Gasteiger charge is 2.54. The van der Waals surface area contributed by atoms with Crippen molar-refractivity contribution in [2.24, 2.45) is 5.92 Å². The van der Waals surface area contributed by atoms with Crippen LogP contribution < -0.4 is 5.32 Å². The van der Waals surface area contributed by atoms with Gasteiger partial charge in [0.05, 0.1) is 11.6 Å². The number of imide groups is 1. The largest absolute Gasteiger partial charge is 0.338 e. The first-order valence-electron chi connectivity index (χ1n) is 9.11. The van der Waals surface area contributed by atoms with E-state index in [1.54, 1.807) is 23.3 Å². The number of nitrogens with zero attached hydrogens (tertiary/aromatic N) is 2. The first kappa shape index (κ1) is 19.9. The van der Waals surface area contributed by atoms with Crippen LogP contribution in [0.2, 0.25) is 5.02 Å². The Morgan fingerprint density at radius 2 is 2.07 bits per heavy atom. The molecule has 0 bridgehead atoms. The maximum absolute atomic E-state index is 13.1. The number of urea groups is 1. The molecule has 2 saturated heterocycles. The van der Waals surface area contributed by atoms with Gasteiger partial charge >= 0.3 is 6.03 Å². The predicted molar refractivity (Wildman–Crippen MR) is 106 cm³/mol. The minimum absolute atomic E-state index is 0.00284. The van der Waals surface area contributed by atoms with E-state index < -0.39 is 5.54 Å². The van der Waals surface area contributed by atoms with Crippen LogP contribution in [0.15, 0.2) is 23.6 Å². The zero-order valence-electron chi connectivity index (χ0n) is 15.6. The lowest BCUT2D eigenvalue weighted by Crippen LogP contribution is -2.56. The molecule has 2 aliphatic heterocycles. The molecule has 1 aromatic rings. The Balaban J connectivity index is 1.71. The molecule has 0 spiro atoms. The molecule has 2 aliphatic rings. The second-order valence-corrected chi connectivity index (χ2v) is 8.59. The first-order valence-corrected chi connectivity index (χ1v) is 10.4. The lowest BCUT2D eigenvalue weighted by atomic mass is 9.75. The third kappa shape index (κ3) is 3.50. The van der Waals surface area contributed by atoms with Gasteiger partial charge in [-0.15, -0.1) is 11.3 Å². The molecule has 6 nitrogen and oxygen atoms in total. The highest BCUT2D eigenvalue weighted by Crippen LogP contribution is 2.37. The number of hydrogen-bond donors (Lipinski definition) is 1. The van der Waals surface area contributed by atoms with Gasteiger partial charge in [0.15, 0.2) is 0 Å². The zero-order valence-corrected chi connectivity index (χ0v) is 17.2. The molecule has 0 radical (unpaired) electrons. The normalized spacial score (nSPS) is 23.7. The molecule has 4 amide bonds. The van der Waals surface area contributed by atoms with Crippen LogP contribution in [0.5, 0.6) is 0 Å². The average Bonchev–Trinajstić information content (AvgIpc) is 3.18. The Bertz CT molecular complexity index is 785. The second kappa shape index (κ2) is 7.64. The van der Waals surface area contributed by atoms with Crippen LogP contribution in [0.4, 0.5) is 4.79 Å². The molecule has 0 aliphatic carbocycles. The summed E-state index contributed by atoms with van der Waals surface area (Å²) in [6.07, 6.45) is 1.85. The van der Waals surface area contributed by atoms with Gasteiger partial charge < -0.3 is 10.2 Å². The minimum Gasteiger partial charge on any atom is -0.338 e. The van der Waals surface area contributed by atoms with Gasteiger partial charge in [-0.1, -0.05) is 30.7 Å². The van der Waals surface area contributed by atoms with Crippen LogP contribution in [0, 0.1) is 5.92 Å². The van der Waals surface area contributed by atoms with Gasteiger partial charge in [0.25, 0.3) is 11.8 Å². The van der Waals surface area contributed by atoms with Crippen LogP contribution in [0.3, 0.4) is 0 Å². The van der Waals surface area contributed by atoms with Crippen LogP contribution in [0.1, 0.15) is 42.8 Å². The number of piperidine rings is 1. The highest BCUT2D eigenvalue weighted by molar-refractivity contribution is 7.12. The molecule has 146 valence electrons. The van der Waals surface area contributed by atoms with Crippen molar-refractivity contribution in [2.45, 2.75) is 38.6 Å². The summed E-state index contributed by atoms with van der Waals surface area (Å²) in [5.41, 5.74) is -0.124. The van der Waals surface area contributed by atoms with Crippen molar-refractivity contribution in [2.75, 3.05) is 19.6 Å². The van der Waals surface area contributed by atoms with E-state index in [0.29, 0.717) is 42.3 Å². The SMILES string of the molecule is C=C(C)CN1C(=O)NC(CC)(C2CCN(C(=O)c3sccc3Cl)CC2)C1=O. The fourth-order valence-electron chi connectivity index (χ4n) is 4.03. The monoisotopic (exact) mass is 409 g/mol. The first-order chi connectivity index (χ1) is 12.8. The lowest BCUT2D eigenvalue weighted by Gasteiger charge is -2.40. The van der Waals surface area contributed by atoms with Gasteiger partial charge in [0.2, 0.25) is 0 Å². The maximum atomic E-state index is 13.1. The van der Waals surface area contributed by atoms with Gasteiger partial charge in [0, 0.05) is 13.1 Å². The molecular formula is C19H24ClN3O3S. The summed E-state index contributed by atoms with van der Waals surface area (Å²) in [6, 6.07) is 1.37.